The zero-order chi connectivity index (χ0) is 12.1. The highest BCUT2D eigenvalue weighted by atomic mass is 32.2. The molecule has 0 saturated heterocycles. The Morgan fingerprint density at radius 3 is 2.71 bits per heavy atom. The summed E-state index contributed by atoms with van der Waals surface area (Å²) < 4.78 is 1.05. The maximum atomic E-state index is 4.11. The molecule has 1 atom stereocenters. The van der Waals surface area contributed by atoms with Gasteiger partial charge < -0.3 is 5.32 Å². The van der Waals surface area contributed by atoms with Gasteiger partial charge in [0.25, 0.3) is 0 Å². The number of nitrogens with zero attached hydrogens (tertiary/aromatic N) is 2. The third-order valence-corrected chi connectivity index (χ3v) is 4.20. The Balaban J connectivity index is 1.80. The van der Waals surface area contributed by atoms with Crippen molar-refractivity contribution in [1.29, 1.82) is 0 Å². The third-order valence-electron chi connectivity index (χ3n) is 2.18. The number of anilines is 1. The fourth-order valence-electron chi connectivity index (χ4n) is 1.36. The van der Waals surface area contributed by atoms with Crippen molar-refractivity contribution >= 4 is 28.8 Å². The number of aryl methyl sites for hydroxylation is 1. The van der Waals surface area contributed by atoms with Crippen molar-refractivity contribution in [3.8, 4) is 0 Å². The minimum absolute atomic E-state index is 0.475. The maximum absolute atomic E-state index is 4.11. The fourth-order valence-corrected chi connectivity index (χ4v) is 3.42. The van der Waals surface area contributed by atoms with Crippen LogP contribution in [0.5, 0.6) is 0 Å². The molecule has 0 aliphatic rings. The molecule has 0 aliphatic carbocycles. The van der Waals surface area contributed by atoms with Gasteiger partial charge in [0.1, 0.15) is 5.01 Å². The molecule has 2 aromatic rings. The molecule has 0 saturated carbocycles. The van der Waals surface area contributed by atoms with E-state index < -0.39 is 0 Å². The molecule has 5 heteroatoms. The minimum Gasteiger partial charge on any atom is -0.384 e. The van der Waals surface area contributed by atoms with Crippen LogP contribution in [0.25, 0.3) is 0 Å². The molecule has 2 rings (SSSR count). The second-order valence-electron chi connectivity index (χ2n) is 3.76. The Hall–Kier alpha value is -1.07. The number of hydrogen-bond acceptors (Lipinski definition) is 5. The second kappa shape index (κ2) is 6.02. The molecule has 1 aromatic heterocycles. The number of benzene rings is 1. The predicted octanol–water partition coefficient (Wildman–Crippen LogP) is 3.44. The summed E-state index contributed by atoms with van der Waals surface area (Å²) in [6, 6.07) is 10.2. The summed E-state index contributed by atoms with van der Waals surface area (Å²) in [5.74, 6) is 0. The molecule has 0 amide bonds. The van der Waals surface area contributed by atoms with Gasteiger partial charge in [-0.05, 0) is 19.1 Å². The molecule has 3 nitrogen and oxygen atoms in total. The molecule has 0 bridgehead atoms. The summed E-state index contributed by atoms with van der Waals surface area (Å²) in [6.45, 7) is 5.10. The van der Waals surface area contributed by atoms with E-state index in [0.29, 0.717) is 5.25 Å². The van der Waals surface area contributed by atoms with Gasteiger partial charge in [-0.1, -0.05) is 48.2 Å². The Morgan fingerprint density at radius 2 is 2.06 bits per heavy atom. The van der Waals surface area contributed by atoms with Crippen LogP contribution in [0, 0.1) is 6.92 Å². The van der Waals surface area contributed by atoms with Crippen LogP contribution in [0.2, 0.25) is 0 Å². The van der Waals surface area contributed by atoms with E-state index in [1.165, 1.54) is 0 Å². The van der Waals surface area contributed by atoms with Crippen LogP contribution in [0.4, 0.5) is 5.69 Å². The number of thioether (sulfide) groups is 1. The van der Waals surface area contributed by atoms with Gasteiger partial charge in [0.05, 0.1) is 0 Å². The third kappa shape index (κ3) is 4.02. The highest BCUT2D eigenvalue weighted by Crippen LogP contribution is 2.26. The Labute approximate surface area is 110 Å². The average Bonchev–Trinajstić information content (AvgIpc) is 2.73. The van der Waals surface area contributed by atoms with Gasteiger partial charge >= 0.3 is 0 Å². The lowest BCUT2D eigenvalue weighted by Crippen LogP contribution is -2.12. The molecular weight excluding hydrogens is 250 g/mol. The zero-order valence-electron chi connectivity index (χ0n) is 9.88. The van der Waals surface area contributed by atoms with E-state index in [4.69, 9.17) is 0 Å². The molecular formula is C12H15N3S2. The van der Waals surface area contributed by atoms with Crippen LogP contribution in [0.15, 0.2) is 34.7 Å². The molecule has 0 fully saturated rings. The number of hydrogen-bond donors (Lipinski definition) is 1. The number of rotatable bonds is 5. The van der Waals surface area contributed by atoms with E-state index in [-0.39, 0.29) is 0 Å². The molecule has 90 valence electrons. The quantitative estimate of drug-likeness (QED) is 0.840. The zero-order valence-corrected chi connectivity index (χ0v) is 11.5. The van der Waals surface area contributed by atoms with E-state index in [0.717, 1.165) is 21.6 Å². The Kier molecular flexibility index (Phi) is 4.39. The highest BCUT2D eigenvalue weighted by Gasteiger charge is 2.08. The minimum atomic E-state index is 0.475. The van der Waals surface area contributed by atoms with Gasteiger partial charge in [-0.15, -0.1) is 10.2 Å². The Bertz CT molecular complexity index is 456. The van der Waals surface area contributed by atoms with E-state index in [9.17, 15) is 0 Å². The van der Waals surface area contributed by atoms with Crippen LogP contribution in [-0.4, -0.2) is 22.0 Å². The lowest BCUT2D eigenvalue weighted by atomic mass is 10.3. The average molecular weight is 265 g/mol. The summed E-state index contributed by atoms with van der Waals surface area (Å²) in [4.78, 5) is 0. The molecule has 1 aromatic carbocycles. The standard InChI is InChI=1S/C12H15N3S2/c1-9(16-12-15-14-10(2)17-12)8-13-11-6-4-3-5-7-11/h3-7,9,13H,8H2,1-2H3. The van der Waals surface area contributed by atoms with Crippen molar-refractivity contribution in [2.45, 2.75) is 23.4 Å². The lowest BCUT2D eigenvalue weighted by molar-refractivity contribution is 0.962. The molecule has 17 heavy (non-hydrogen) atoms. The summed E-state index contributed by atoms with van der Waals surface area (Å²) in [5.41, 5.74) is 1.16. The van der Waals surface area contributed by atoms with Gasteiger partial charge in [-0.3, -0.25) is 0 Å². The van der Waals surface area contributed by atoms with Gasteiger partial charge in [0.15, 0.2) is 4.34 Å². The summed E-state index contributed by atoms with van der Waals surface area (Å²) >= 11 is 3.42. The van der Waals surface area contributed by atoms with Crippen molar-refractivity contribution in [1.82, 2.24) is 10.2 Å². The van der Waals surface area contributed by atoms with E-state index >= 15 is 0 Å². The maximum Gasteiger partial charge on any atom is 0.174 e. The van der Waals surface area contributed by atoms with Gasteiger partial charge in [-0.2, -0.15) is 0 Å². The van der Waals surface area contributed by atoms with Crippen molar-refractivity contribution in [3.63, 3.8) is 0 Å². The van der Waals surface area contributed by atoms with Gasteiger partial charge in [0, 0.05) is 17.5 Å². The SMILES string of the molecule is Cc1nnc(SC(C)CNc2ccccc2)s1. The van der Waals surface area contributed by atoms with Crippen molar-refractivity contribution < 1.29 is 0 Å². The summed E-state index contributed by atoms with van der Waals surface area (Å²) in [7, 11) is 0. The van der Waals surface area contributed by atoms with Gasteiger partial charge in [-0.25, -0.2) is 0 Å². The molecule has 0 radical (unpaired) electrons. The van der Waals surface area contributed by atoms with E-state index in [1.54, 1.807) is 23.1 Å². The topological polar surface area (TPSA) is 37.8 Å². The molecule has 1 heterocycles. The van der Waals surface area contributed by atoms with Crippen molar-refractivity contribution in [3.05, 3.63) is 35.3 Å². The first-order valence-corrected chi connectivity index (χ1v) is 7.19. The monoisotopic (exact) mass is 265 g/mol. The summed E-state index contributed by atoms with van der Waals surface area (Å²) in [5, 5.41) is 13.0. The van der Waals surface area contributed by atoms with Crippen LogP contribution in [-0.2, 0) is 0 Å². The smallest absolute Gasteiger partial charge is 0.174 e. The fraction of sp³-hybridized carbons (Fsp3) is 0.333. The molecule has 1 N–H and O–H groups in total. The first kappa shape index (κ1) is 12.4. The normalized spacial score (nSPS) is 12.4. The van der Waals surface area contributed by atoms with Gasteiger partial charge in [0.2, 0.25) is 0 Å². The first-order valence-electron chi connectivity index (χ1n) is 5.50. The number of nitrogens with one attached hydrogen (secondary N) is 1. The summed E-state index contributed by atoms with van der Waals surface area (Å²) in [6.07, 6.45) is 0. The number of para-hydroxylation sites is 1. The molecule has 0 aliphatic heterocycles. The van der Waals surface area contributed by atoms with Crippen LogP contribution >= 0.6 is 23.1 Å². The van der Waals surface area contributed by atoms with Crippen LogP contribution < -0.4 is 5.32 Å². The molecule has 0 spiro atoms. The first-order chi connectivity index (χ1) is 8.24. The Morgan fingerprint density at radius 1 is 1.29 bits per heavy atom. The molecule has 1 unspecified atom stereocenters. The lowest BCUT2D eigenvalue weighted by Gasteiger charge is -2.11. The van der Waals surface area contributed by atoms with Crippen molar-refractivity contribution in [2.75, 3.05) is 11.9 Å². The van der Waals surface area contributed by atoms with Crippen molar-refractivity contribution in [2.24, 2.45) is 0 Å². The van der Waals surface area contributed by atoms with Crippen LogP contribution in [0.1, 0.15) is 11.9 Å². The largest absolute Gasteiger partial charge is 0.384 e. The predicted molar refractivity (Wildman–Crippen MR) is 74.9 cm³/mol. The van der Waals surface area contributed by atoms with Crippen LogP contribution in [0.3, 0.4) is 0 Å². The highest BCUT2D eigenvalue weighted by molar-refractivity contribution is 8.01. The van der Waals surface area contributed by atoms with E-state index in [1.807, 2.05) is 25.1 Å². The second-order valence-corrected chi connectivity index (χ2v) is 6.63. The number of aromatic nitrogens is 2. The van der Waals surface area contributed by atoms with E-state index in [2.05, 4.69) is 34.6 Å².